The minimum atomic E-state index is -0.207. The third-order valence-corrected chi connectivity index (χ3v) is 4.80. The second-order valence-electron chi connectivity index (χ2n) is 5.97. The van der Waals surface area contributed by atoms with E-state index in [1.54, 1.807) is 0 Å². The fourth-order valence-corrected chi connectivity index (χ4v) is 3.74. The smallest absolute Gasteiger partial charge is 0.0639 e. The van der Waals surface area contributed by atoms with Crippen LogP contribution in [-0.2, 0) is 0 Å². The number of likely N-dealkylation sites (tertiary alicyclic amines) is 1. The SMILES string of the molecule is CC(O)CN1CC2CN(c3ccc(Br)cc3)CC2C1. The van der Waals surface area contributed by atoms with Gasteiger partial charge in [-0.3, -0.25) is 0 Å². The van der Waals surface area contributed by atoms with Gasteiger partial charge in [-0.25, -0.2) is 0 Å². The maximum absolute atomic E-state index is 9.48. The van der Waals surface area contributed by atoms with Crippen molar-refractivity contribution in [3.63, 3.8) is 0 Å². The highest BCUT2D eigenvalue weighted by atomic mass is 79.9. The van der Waals surface area contributed by atoms with E-state index in [-0.39, 0.29) is 6.10 Å². The Kier molecular flexibility index (Phi) is 3.83. The average Bonchev–Trinajstić information content (AvgIpc) is 2.86. The summed E-state index contributed by atoms with van der Waals surface area (Å²) in [5.41, 5.74) is 1.33. The Morgan fingerprint density at radius 1 is 1.16 bits per heavy atom. The predicted molar refractivity (Wildman–Crippen MR) is 81.5 cm³/mol. The molecule has 2 aliphatic rings. The summed E-state index contributed by atoms with van der Waals surface area (Å²) in [4.78, 5) is 4.92. The summed E-state index contributed by atoms with van der Waals surface area (Å²) in [7, 11) is 0. The molecular formula is C15H21BrN2O. The van der Waals surface area contributed by atoms with Crippen molar-refractivity contribution in [2.45, 2.75) is 13.0 Å². The monoisotopic (exact) mass is 324 g/mol. The summed E-state index contributed by atoms with van der Waals surface area (Å²) >= 11 is 3.48. The molecule has 2 heterocycles. The van der Waals surface area contributed by atoms with E-state index in [1.807, 2.05) is 6.92 Å². The van der Waals surface area contributed by atoms with Gasteiger partial charge in [0.1, 0.15) is 0 Å². The summed E-state index contributed by atoms with van der Waals surface area (Å²) in [6, 6.07) is 8.61. The molecule has 1 N–H and O–H groups in total. The summed E-state index contributed by atoms with van der Waals surface area (Å²) in [6.45, 7) is 7.30. The molecule has 0 aliphatic carbocycles. The molecule has 0 spiro atoms. The number of halogens is 1. The van der Waals surface area contributed by atoms with E-state index >= 15 is 0 Å². The molecule has 19 heavy (non-hydrogen) atoms. The molecule has 3 unspecified atom stereocenters. The molecule has 3 atom stereocenters. The topological polar surface area (TPSA) is 26.7 Å². The van der Waals surface area contributed by atoms with Gasteiger partial charge in [-0.15, -0.1) is 0 Å². The minimum Gasteiger partial charge on any atom is -0.392 e. The van der Waals surface area contributed by atoms with Gasteiger partial charge in [0.2, 0.25) is 0 Å². The molecule has 2 saturated heterocycles. The molecule has 3 rings (SSSR count). The van der Waals surface area contributed by atoms with Gasteiger partial charge >= 0.3 is 0 Å². The van der Waals surface area contributed by atoms with Gasteiger partial charge in [0.25, 0.3) is 0 Å². The number of aliphatic hydroxyl groups is 1. The highest BCUT2D eigenvalue weighted by Crippen LogP contribution is 2.34. The summed E-state index contributed by atoms with van der Waals surface area (Å²) in [5.74, 6) is 1.53. The van der Waals surface area contributed by atoms with Crippen molar-refractivity contribution in [1.29, 1.82) is 0 Å². The van der Waals surface area contributed by atoms with Crippen molar-refractivity contribution >= 4 is 21.6 Å². The van der Waals surface area contributed by atoms with E-state index in [2.05, 4.69) is 50.0 Å². The van der Waals surface area contributed by atoms with Crippen LogP contribution < -0.4 is 4.90 Å². The molecule has 2 fully saturated rings. The first kappa shape index (κ1) is 13.4. The lowest BCUT2D eigenvalue weighted by Crippen LogP contribution is -2.33. The number of hydrogen-bond donors (Lipinski definition) is 1. The second-order valence-corrected chi connectivity index (χ2v) is 6.88. The van der Waals surface area contributed by atoms with E-state index in [0.29, 0.717) is 0 Å². The van der Waals surface area contributed by atoms with Crippen LogP contribution in [0, 0.1) is 11.8 Å². The Bertz CT molecular complexity index is 420. The lowest BCUT2D eigenvalue weighted by Gasteiger charge is -2.23. The van der Waals surface area contributed by atoms with Gasteiger partial charge in [-0.05, 0) is 43.0 Å². The number of benzene rings is 1. The molecule has 0 radical (unpaired) electrons. The van der Waals surface area contributed by atoms with E-state index in [0.717, 1.165) is 49.0 Å². The minimum absolute atomic E-state index is 0.207. The van der Waals surface area contributed by atoms with Crippen LogP contribution in [0.2, 0.25) is 0 Å². The molecular weight excluding hydrogens is 304 g/mol. The van der Waals surface area contributed by atoms with Crippen LogP contribution in [-0.4, -0.2) is 48.8 Å². The van der Waals surface area contributed by atoms with Gasteiger partial charge in [0, 0.05) is 42.9 Å². The Morgan fingerprint density at radius 3 is 2.26 bits per heavy atom. The maximum atomic E-state index is 9.48. The number of hydrogen-bond acceptors (Lipinski definition) is 3. The number of rotatable bonds is 3. The Hall–Kier alpha value is -0.580. The predicted octanol–water partition coefficient (Wildman–Crippen LogP) is 2.20. The molecule has 1 aromatic carbocycles. The fraction of sp³-hybridized carbons (Fsp3) is 0.600. The molecule has 4 heteroatoms. The molecule has 2 aliphatic heterocycles. The summed E-state index contributed by atoms with van der Waals surface area (Å²) < 4.78 is 1.14. The van der Waals surface area contributed by atoms with Crippen LogP contribution in [0.1, 0.15) is 6.92 Å². The zero-order valence-corrected chi connectivity index (χ0v) is 12.9. The molecule has 1 aromatic rings. The van der Waals surface area contributed by atoms with Crippen LogP contribution in [0.15, 0.2) is 28.7 Å². The highest BCUT2D eigenvalue weighted by molar-refractivity contribution is 9.10. The zero-order chi connectivity index (χ0) is 13.4. The van der Waals surface area contributed by atoms with Gasteiger partial charge in [-0.2, -0.15) is 0 Å². The maximum Gasteiger partial charge on any atom is 0.0639 e. The molecule has 0 saturated carbocycles. The fourth-order valence-electron chi connectivity index (χ4n) is 3.48. The third-order valence-electron chi connectivity index (χ3n) is 4.28. The van der Waals surface area contributed by atoms with Crippen LogP contribution in [0.3, 0.4) is 0 Å². The number of fused-ring (bicyclic) bond motifs is 1. The van der Waals surface area contributed by atoms with Gasteiger partial charge in [0.15, 0.2) is 0 Å². The van der Waals surface area contributed by atoms with Gasteiger partial charge in [-0.1, -0.05) is 15.9 Å². The van der Waals surface area contributed by atoms with Crippen LogP contribution >= 0.6 is 15.9 Å². The van der Waals surface area contributed by atoms with Crippen LogP contribution in [0.4, 0.5) is 5.69 Å². The number of nitrogens with zero attached hydrogens (tertiary/aromatic N) is 2. The first-order chi connectivity index (χ1) is 9.11. The lowest BCUT2D eigenvalue weighted by molar-refractivity contribution is 0.137. The van der Waals surface area contributed by atoms with Crippen LogP contribution in [0.5, 0.6) is 0 Å². The van der Waals surface area contributed by atoms with Crippen molar-refractivity contribution < 1.29 is 5.11 Å². The second kappa shape index (κ2) is 5.43. The molecule has 3 nitrogen and oxygen atoms in total. The van der Waals surface area contributed by atoms with Crippen molar-refractivity contribution in [2.24, 2.45) is 11.8 Å². The third kappa shape index (κ3) is 2.96. The van der Waals surface area contributed by atoms with Crippen LogP contribution in [0.25, 0.3) is 0 Å². The van der Waals surface area contributed by atoms with E-state index < -0.39 is 0 Å². The number of aliphatic hydroxyl groups excluding tert-OH is 1. The highest BCUT2D eigenvalue weighted by Gasteiger charge is 2.39. The number of anilines is 1. The first-order valence-electron chi connectivity index (χ1n) is 7.03. The van der Waals surface area contributed by atoms with Gasteiger partial charge in [0.05, 0.1) is 6.10 Å². The molecule has 0 amide bonds. The quantitative estimate of drug-likeness (QED) is 0.923. The Balaban J connectivity index is 1.60. The van der Waals surface area contributed by atoms with E-state index in [4.69, 9.17) is 0 Å². The Labute approximate surface area is 123 Å². The average molecular weight is 325 g/mol. The zero-order valence-electron chi connectivity index (χ0n) is 11.3. The van der Waals surface area contributed by atoms with E-state index in [1.165, 1.54) is 5.69 Å². The van der Waals surface area contributed by atoms with Crippen molar-refractivity contribution in [3.8, 4) is 0 Å². The van der Waals surface area contributed by atoms with Crippen molar-refractivity contribution in [1.82, 2.24) is 4.90 Å². The van der Waals surface area contributed by atoms with E-state index in [9.17, 15) is 5.11 Å². The van der Waals surface area contributed by atoms with Gasteiger partial charge < -0.3 is 14.9 Å². The summed E-state index contributed by atoms with van der Waals surface area (Å²) in [6.07, 6.45) is -0.207. The summed E-state index contributed by atoms with van der Waals surface area (Å²) in [5, 5.41) is 9.48. The Morgan fingerprint density at radius 2 is 1.74 bits per heavy atom. The van der Waals surface area contributed by atoms with Crippen molar-refractivity contribution in [3.05, 3.63) is 28.7 Å². The van der Waals surface area contributed by atoms with Crippen molar-refractivity contribution in [2.75, 3.05) is 37.6 Å². The number of β-amino-alcohol motifs (C(OH)–C–C–N with tert-alkyl or cyclic N) is 1. The molecule has 104 valence electrons. The molecule has 0 aromatic heterocycles. The standard InChI is InChI=1S/C15H21BrN2O/c1-11(19)6-17-7-12-9-18(10-13(12)8-17)15-4-2-14(16)3-5-15/h2-5,11-13,19H,6-10H2,1H3. The lowest BCUT2D eigenvalue weighted by atomic mass is 10.0. The first-order valence-corrected chi connectivity index (χ1v) is 7.82. The molecule has 0 bridgehead atoms. The normalized spacial score (nSPS) is 28.7. The largest absolute Gasteiger partial charge is 0.392 e.